The van der Waals surface area contributed by atoms with E-state index in [1.165, 1.54) is 0 Å². The van der Waals surface area contributed by atoms with E-state index in [2.05, 4.69) is 0 Å². The molecular weight excluding hydrogens is 311 g/mol. The molecule has 23 heavy (non-hydrogen) atoms. The van der Waals surface area contributed by atoms with Gasteiger partial charge in [-0.3, -0.25) is 14.4 Å². The van der Waals surface area contributed by atoms with E-state index in [9.17, 15) is 18.8 Å². The molecule has 0 aromatic rings. The highest BCUT2D eigenvalue weighted by Gasteiger charge is 2.44. The van der Waals surface area contributed by atoms with E-state index in [0.717, 1.165) is 0 Å². The van der Waals surface area contributed by atoms with Crippen LogP contribution in [0.4, 0.5) is 4.39 Å². The van der Waals surface area contributed by atoms with Crippen molar-refractivity contribution in [3.63, 3.8) is 0 Å². The molecule has 7 nitrogen and oxygen atoms in total. The van der Waals surface area contributed by atoms with Gasteiger partial charge in [0, 0.05) is 25.2 Å². The first-order valence-corrected chi connectivity index (χ1v) is 7.67. The van der Waals surface area contributed by atoms with E-state index in [0.29, 0.717) is 0 Å². The summed E-state index contributed by atoms with van der Waals surface area (Å²) in [5, 5.41) is 26.5. The Morgan fingerprint density at radius 2 is 1.22 bits per heavy atom. The van der Waals surface area contributed by atoms with Crippen LogP contribution in [0.3, 0.4) is 0 Å². The first-order chi connectivity index (χ1) is 10.7. The average Bonchev–Trinajstić information content (AvgIpc) is 2.42. The van der Waals surface area contributed by atoms with Crippen molar-refractivity contribution in [3.8, 4) is 0 Å². The Kier molecular flexibility index (Phi) is 7.41. The lowest BCUT2D eigenvalue weighted by Crippen LogP contribution is -2.45. The molecule has 0 aromatic carbocycles. The Bertz CT molecular complexity index is 410. The number of carboxylic acid groups (broad SMARTS) is 3. The van der Waals surface area contributed by atoms with Gasteiger partial charge in [0.15, 0.2) is 0 Å². The van der Waals surface area contributed by atoms with Crippen molar-refractivity contribution < 1.29 is 38.8 Å². The fourth-order valence-corrected chi connectivity index (χ4v) is 3.36. The molecule has 0 radical (unpaired) electrons. The normalized spacial score (nSPS) is 30.8. The van der Waals surface area contributed by atoms with Crippen LogP contribution in [0.1, 0.15) is 45.4 Å². The predicted octanol–water partition coefficient (Wildman–Crippen LogP) is 2.14. The molecule has 132 valence electrons. The van der Waals surface area contributed by atoms with Crippen molar-refractivity contribution in [2.75, 3.05) is 0 Å². The molecule has 1 fully saturated rings. The van der Waals surface area contributed by atoms with E-state index >= 15 is 0 Å². The Hall–Kier alpha value is -1.70. The van der Waals surface area contributed by atoms with Gasteiger partial charge in [0.2, 0.25) is 6.36 Å². The molecule has 1 rings (SSSR count). The summed E-state index contributed by atoms with van der Waals surface area (Å²) in [6.45, 7) is 1.64. The van der Waals surface area contributed by atoms with Crippen molar-refractivity contribution >= 4 is 17.9 Å². The molecular formula is C15H23FO7. The molecule has 1 heterocycles. The van der Waals surface area contributed by atoms with Gasteiger partial charge in [-0.25, -0.2) is 4.39 Å². The number of rotatable bonds is 9. The molecule has 0 unspecified atom stereocenters. The van der Waals surface area contributed by atoms with Gasteiger partial charge in [0.1, 0.15) is 0 Å². The number of carboxylic acids is 3. The predicted molar refractivity (Wildman–Crippen MR) is 76.5 cm³/mol. The molecule has 5 atom stereocenters. The topological polar surface area (TPSA) is 121 Å². The summed E-state index contributed by atoms with van der Waals surface area (Å²) >= 11 is 0. The van der Waals surface area contributed by atoms with Crippen LogP contribution >= 0.6 is 0 Å². The van der Waals surface area contributed by atoms with E-state index in [1.54, 1.807) is 6.92 Å². The minimum Gasteiger partial charge on any atom is -0.481 e. The van der Waals surface area contributed by atoms with Gasteiger partial charge in [0.25, 0.3) is 0 Å². The molecule has 8 heteroatoms. The Morgan fingerprint density at radius 1 is 0.826 bits per heavy atom. The zero-order valence-corrected chi connectivity index (χ0v) is 13.0. The number of carbonyl (C=O) groups is 3. The van der Waals surface area contributed by atoms with Crippen LogP contribution in [0.25, 0.3) is 0 Å². The van der Waals surface area contributed by atoms with Gasteiger partial charge in [-0.15, -0.1) is 0 Å². The lowest BCUT2D eigenvalue weighted by Gasteiger charge is -2.44. The van der Waals surface area contributed by atoms with Crippen molar-refractivity contribution in [2.45, 2.75) is 57.9 Å². The van der Waals surface area contributed by atoms with E-state index in [-0.39, 0.29) is 44.4 Å². The van der Waals surface area contributed by atoms with Gasteiger partial charge < -0.3 is 20.1 Å². The van der Waals surface area contributed by atoms with Gasteiger partial charge in [0.05, 0.1) is 6.10 Å². The monoisotopic (exact) mass is 334 g/mol. The minimum atomic E-state index is -1.66. The van der Waals surface area contributed by atoms with E-state index in [4.69, 9.17) is 20.1 Å². The minimum absolute atomic E-state index is 0.0388. The van der Waals surface area contributed by atoms with Gasteiger partial charge >= 0.3 is 17.9 Å². The van der Waals surface area contributed by atoms with Crippen LogP contribution in [0.2, 0.25) is 0 Å². The first kappa shape index (κ1) is 19.3. The number of ether oxygens (including phenoxy) is 1. The zero-order chi connectivity index (χ0) is 17.6. The van der Waals surface area contributed by atoms with Gasteiger partial charge in [-0.1, -0.05) is 0 Å². The first-order valence-electron chi connectivity index (χ1n) is 7.67. The van der Waals surface area contributed by atoms with Crippen LogP contribution in [-0.4, -0.2) is 45.7 Å². The smallest absolute Gasteiger partial charge is 0.303 e. The number of halogens is 1. The van der Waals surface area contributed by atoms with Crippen LogP contribution in [0.5, 0.6) is 0 Å². The Balaban J connectivity index is 2.90. The molecule has 1 aliphatic rings. The lowest BCUT2D eigenvalue weighted by molar-refractivity contribution is -0.199. The third-order valence-electron chi connectivity index (χ3n) is 4.46. The molecule has 3 N–H and O–H groups in total. The summed E-state index contributed by atoms with van der Waals surface area (Å²) in [7, 11) is 0. The molecule has 1 saturated heterocycles. The second-order valence-electron chi connectivity index (χ2n) is 5.98. The summed E-state index contributed by atoms with van der Waals surface area (Å²) < 4.78 is 19.4. The van der Waals surface area contributed by atoms with E-state index in [1.807, 2.05) is 0 Å². The van der Waals surface area contributed by atoms with Crippen molar-refractivity contribution in [1.29, 1.82) is 0 Å². The van der Waals surface area contributed by atoms with Crippen molar-refractivity contribution in [2.24, 2.45) is 17.8 Å². The van der Waals surface area contributed by atoms with Crippen molar-refractivity contribution in [3.05, 3.63) is 0 Å². The second-order valence-corrected chi connectivity index (χ2v) is 5.98. The highest BCUT2D eigenvalue weighted by molar-refractivity contribution is 5.67. The quantitative estimate of drug-likeness (QED) is 0.590. The average molecular weight is 334 g/mol. The molecule has 0 saturated carbocycles. The maximum Gasteiger partial charge on any atom is 0.303 e. The van der Waals surface area contributed by atoms with Gasteiger partial charge in [-0.2, -0.15) is 0 Å². The Morgan fingerprint density at radius 3 is 1.65 bits per heavy atom. The summed E-state index contributed by atoms with van der Waals surface area (Å²) in [6, 6.07) is 0. The Labute approximate surface area is 133 Å². The highest BCUT2D eigenvalue weighted by Crippen LogP contribution is 2.43. The lowest BCUT2D eigenvalue weighted by atomic mass is 9.71. The number of hydrogen-bond acceptors (Lipinski definition) is 4. The number of aliphatic carboxylic acids is 3. The summed E-state index contributed by atoms with van der Waals surface area (Å²) in [5.74, 6) is -4.53. The SMILES string of the molecule is C[C@@H]1O[C@@H](F)[C@@H](CCC(=O)O)[C@H](CCC(=O)O)[C@H]1CCC(=O)O. The molecule has 0 amide bonds. The molecule has 0 aliphatic carbocycles. The fourth-order valence-electron chi connectivity index (χ4n) is 3.36. The second kappa shape index (κ2) is 8.81. The molecule has 0 spiro atoms. The third kappa shape index (κ3) is 6.13. The molecule has 1 aliphatic heterocycles. The third-order valence-corrected chi connectivity index (χ3v) is 4.46. The molecule has 0 bridgehead atoms. The van der Waals surface area contributed by atoms with Crippen molar-refractivity contribution in [1.82, 2.24) is 0 Å². The highest BCUT2D eigenvalue weighted by atomic mass is 19.1. The number of hydrogen-bond donors (Lipinski definition) is 3. The fraction of sp³-hybridized carbons (Fsp3) is 0.800. The van der Waals surface area contributed by atoms with Crippen LogP contribution in [0.15, 0.2) is 0 Å². The summed E-state index contributed by atoms with van der Waals surface area (Å²) in [5.41, 5.74) is 0. The zero-order valence-electron chi connectivity index (χ0n) is 13.0. The maximum absolute atomic E-state index is 14.2. The van der Waals surface area contributed by atoms with Gasteiger partial charge in [-0.05, 0) is 38.0 Å². The van der Waals surface area contributed by atoms with Crippen LogP contribution in [-0.2, 0) is 19.1 Å². The summed E-state index contributed by atoms with van der Waals surface area (Å²) in [4.78, 5) is 32.4. The van der Waals surface area contributed by atoms with Crippen LogP contribution in [0, 0.1) is 17.8 Å². The van der Waals surface area contributed by atoms with Crippen LogP contribution < -0.4 is 0 Å². The number of alkyl halides is 1. The standard InChI is InChI=1S/C15H23FO7/c1-8-9(2-5-12(17)18)10(3-6-13(19)20)11(15(16)23-8)4-7-14(21)22/h8-11,15H,2-7H2,1H3,(H,17,18)(H,19,20)(H,21,22)/t8-,9-,10+,11-,15+/m0/s1. The maximum atomic E-state index is 14.2. The van der Waals surface area contributed by atoms with E-state index < -0.39 is 42.2 Å². The summed E-state index contributed by atoms with van der Waals surface area (Å²) in [6.07, 6.45) is -2.26. The molecule has 0 aromatic heterocycles. The largest absolute Gasteiger partial charge is 0.481 e.